The number of carbonyl (C=O) groups is 1. The summed E-state index contributed by atoms with van der Waals surface area (Å²) in [4.78, 5) is 20.9. The lowest BCUT2D eigenvalue weighted by Gasteiger charge is -2.32. The van der Waals surface area contributed by atoms with Crippen molar-refractivity contribution in [3.8, 4) is 0 Å². The second-order valence-electron chi connectivity index (χ2n) is 5.97. The van der Waals surface area contributed by atoms with Crippen molar-refractivity contribution in [2.75, 3.05) is 6.61 Å². The van der Waals surface area contributed by atoms with Gasteiger partial charge in [0.25, 0.3) is 5.91 Å². The summed E-state index contributed by atoms with van der Waals surface area (Å²) in [6.07, 6.45) is 8.24. The molecule has 0 spiro atoms. The van der Waals surface area contributed by atoms with Crippen LogP contribution in [-0.4, -0.2) is 32.3 Å². The van der Waals surface area contributed by atoms with E-state index in [9.17, 15) is 4.79 Å². The minimum Gasteiger partial charge on any atom is -0.367 e. The van der Waals surface area contributed by atoms with Crippen LogP contribution >= 0.6 is 0 Å². The molecular weight excluding hydrogens is 294 g/mol. The largest absolute Gasteiger partial charge is 0.367 e. The molecule has 0 bridgehead atoms. The third-order valence-corrected chi connectivity index (χ3v) is 4.15. The van der Waals surface area contributed by atoms with E-state index in [-0.39, 0.29) is 5.91 Å². The first-order chi connectivity index (χ1) is 11.1. The number of nitrogens with one attached hydrogen (secondary N) is 1. The van der Waals surface area contributed by atoms with Gasteiger partial charge >= 0.3 is 0 Å². The Kier molecular flexibility index (Phi) is 4.38. The van der Waals surface area contributed by atoms with E-state index in [2.05, 4.69) is 20.4 Å². The summed E-state index contributed by atoms with van der Waals surface area (Å²) in [6, 6.07) is 1.68. The lowest BCUT2D eigenvalue weighted by atomic mass is 9.95. The first-order valence-corrected chi connectivity index (χ1v) is 7.80. The molecule has 3 heterocycles. The quantitative estimate of drug-likeness (QED) is 0.926. The van der Waals surface area contributed by atoms with E-state index >= 15 is 0 Å². The zero-order valence-electron chi connectivity index (χ0n) is 13.5. The molecule has 7 nitrogen and oxygen atoms in total. The van der Waals surface area contributed by atoms with Gasteiger partial charge in [0.1, 0.15) is 11.3 Å². The van der Waals surface area contributed by atoms with Crippen molar-refractivity contribution in [2.24, 2.45) is 7.05 Å². The van der Waals surface area contributed by atoms with Gasteiger partial charge in [0.05, 0.1) is 0 Å². The SMILES string of the molecule is Cn1nccc1C(=O)NCc1cnc(C2(C)CCCCO2)nc1. The zero-order valence-corrected chi connectivity index (χ0v) is 13.5. The monoisotopic (exact) mass is 315 g/mol. The van der Waals surface area contributed by atoms with E-state index in [0.717, 1.165) is 31.4 Å². The van der Waals surface area contributed by atoms with Crippen LogP contribution in [0, 0.1) is 0 Å². The number of nitrogens with zero attached hydrogens (tertiary/aromatic N) is 4. The average molecular weight is 315 g/mol. The van der Waals surface area contributed by atoms with E-state index in [0.29, 0.717) is 18.1 Å². The number of ether oxygens (including phenoxy) is 1. The first kappa shape index (κ1) is 15.6. The standard InChI is InChI=1S/C16H21N5O2/c1-16(6-3-4-8-23-16)15-18-10-12(11-19-15)9-17-14(22)13-5-7-20-21(13)2/h5,7,10-11H,3-4,6,8-9H2,1-2H3,(H,17,22). The van der Waals surface area contributed by atoms with Crippen molar-refractivity contribution in [3.63, 3.8) is 0 Å². The van der Waals surface area contributed by atoms with Crippen LogP contribution in [-0.2, 0) is 23.9 Å². The number of amides is 1. The lowest BCUT2D eigenvalue weighted by Crippen LogP contribution is -2.32. The van der Waals surface area contributed by atoms with Crippen LogP contribution in [0.15, 0.2) is 24.7 Å². The highest BCUT2D eigenvalue weighted by Gasteiger charge is 2.32. The summed E-state index contributed by atoms with van der Waals surface area (Å²) >= 11 is 0. The van der Waals surface area contributed by atoms with Crippen LogP contribution in [0.3, 0.4) is 0 Å². The van der Waals surface area contributed by atoms with E-state index in [1.165, 1.54) is 4.68 Å². The molecule has 1 atom stereocenters. The van der Waals surface area contributed by atoms with Gasteiger partial charge in [0.15, 0.2) is 5.82 Å². The second kappa shape index (κ2) is 6.45. The highest BCUT2D eigenvalue weighted by Crippen LogP contribution is 2.32. The van der Waals surface area contributed by atoms with Gasteiger partial charge in [-0.1, -0.05) is 0 Å². The highest BCUT2D eigenvalue weighted by molar-refractivity contribution is 5.92. The summed E-state index contributed by atoms with van der Waals surface area (Å²) < 4.78 is 7.39. The fourth-order valence-corrected chi connectivity index (χ4v) is 2.70. The van der Waals surface area contributed by atoms with Crippen molar-refractivity contribution < 1.29 is 9.53 Å². The molecular formula is C16H21N5O2. The van der Waals surface area contributed by atoms with Gasteiger partial charge in [-0.2, -0.15) is 5.10 Å². The Balaban J connectivity index is 1.61. The normalized spacial score (nSPS) is 21.1. The molecule has 2 aromatic rings. The Labute approximate surface area is 135 Å². The molecule has 1 N–H and O–H groups in total. The fourth-order valence-electron chi connectivity index (χ4n) is 2.70. The topological polar surface area (TPSA) is 81.9 Å². The molecule has 0 radical (unpaired) electrons. The second-order valence-corrected chi connectivity index (χ2v) is 5.97. The maximum absolute atomic E-state index is 12.0. The molecule has 1 unspecified atom stereocenters. The van der Waals surface area contributed by atoms with E-state index < -0.39 is 5.60 Å². The number of aryl methyl sites for hydroxylation is 1. The molecule has 2 aromatic heterocycles. The Hall–Kier alpha value is -2.28. The third-order valence-electron chi connectivity index (χ3n) is 4.15. The smallest absolute Gasteiger partial charge is 0.269 e. The molecule has 7 heteroatoms. The molecule has 1 aliphatic heterocycles. The van der Waals surface area contributed by atoms with E-state index in [1.54, 1.807) is 31.7 Å². The van der Waals surface area contributed by atoms with Crippen LogP contribution < -0.4 is 5.32 Å². The van der Waals surface area contributed by atoms with Gasteiger partial charge in [-0.25, -0.2) is 9.97 Å². The number of hydrogen-bond acceptors (Lipinski definition) is 5. The van der Waals surface area contributed by atoms with Crippen molar-refractivity contribution in [3.05, 3.63) is 41.7 Å². The predicted octanol–water partition coefficient (Wildman–Crippen LogP) is 1.56. The van der Waals surface area contributed by atoms with E-state index in [1.807, 2.05) is 6.92 Å². The molecule has 0 saturated carbocycles. The predicted molar refractivity (Wildman–Crippen MR) is 83.6 cm³/mol. The van der Waals surface area contributed by atoms with Crippen molar-refractivity contribution in [2.45, 2.75) is 38.3 Å². The minimum atomic E-state index is -0.394. The number of rotatable bonds is 4. The third kappa shape index (κ3) is 3.39. The molecule has 122 valence electrons. The molecule has 1 amide bonds. The van der Waals surface area contributed by atoms with Crippen molar-refractivity contribution >= 4 is 5.91 Å². The molecule has 1 aliphatic rings. The number of carbonyl (C=O) groups excluding carboxylic acids is 1. The number of aromatic nitrogens is 4. The summed E-state index contributed by atoms with van der Waals surface area (Å²) in [5.41, 5.74) is 0.976. The van der Waals surface area contributed by atoms with Gasteiger partial charge in [0, 0.05) is 44.4 Å². The van der Waals surface area contributed by atoms with Crippen LogP contribution in [0.2, 0.25) is 0 Å². The first-order valence-electron chi connectivity index (χ1n) is 7.80. The Morgan fingerprint density at radius 3 is 2.78 bits per heavy atom. The van der Waals surface area contributed by atoms with E-state index in [4.69, 9.17) is 4.74 Å². The summed E-state index contributed by atoms with van der Waals surface area (Å²) in [7, 11) is 1.73. The molecule has 23 heavy (non-hydrogen) atoms. The van der Waals surface area contributed by atoms with Crippen LogP contribution in [0.5, 0.6) is 0 Å². The van der Waals surface area contributed by atoms with Gasteiger partial charge in [-0.3, -0.25) is 9.48 Å². The van der Waals surface area contributed by atoms with Crippen LogP contribution in [0.4, 0.5) is 0 Å². The molecule has 1 fully saturated rings. The van der Waals surface area contributed by atoms with Gasteiger partial charge in [-0.15, -0.1) is 0 Å². The lowest BCUT2D eigenvalue weighted by molar-refractivity contribution is -0.0760. The van der Waals surface area contributed by atoms with Crippen molar-refractivity contribution in [1.29, 1.82) is 0 Å². The van der Waals surface area contributed by atoms with Crippen LogP contribution in [0.25, 0.3) is 0 Å². The Bertz CT molecular complexity index is 674. The maximum atomic E-state index is 12.0. The van der Waals surface area contributed by atoms with Gasteiger partial charge in [0.2, 0.25) is 0 Å². The molecule has 1 saturated heterocycles. The highest BCUT2D eigenvalue weighted by atomic mass is 16.5. The van der Waals surface area contributed by atoms with Gasteiger partial charge < -0.3 is 10.1 Å². The summed E-state index contributed by atoms with van der Waals surface area (Å²) in [5, 5.41) is 6.82. The zero-order chi connectivity index (χ0) is 16.3. The van der Waals surface area contributed by atoms with Gasteiger partial charge in [-0.05, 0) is 32.3 Å². The molecule has 0 aromatic carbocycles. The Morgan fingerprint density at radius 2 is 2.17 bits per heavy atom. The summed E-state index contributed by atoms with van der Waals surface area (Å²) in [5.74, 6) is 0.538. The Morgan fingerprint density at radius 1 is 1.39 bits per heavy atom. The molecule has 3 rings (SSSR count). The average Bonchev–Trinajstić information content (AvgIpc) is 3.00. The fraction of sp³-hybridized carbons (Fsp3) is 0.500. The number of hydrogen-bond donors (Lipinski definition) is 1. The minimum absolute atomic E-state index is 0.170. The van der Waals surface area contributed by atoms with Crippen LogP contribution in [0.1, 0.15) is 48.1 Å². The van der Waals surface area contributed by atoms with Crippen molar-refractivity contribution in [1.82, 2.24) is 25.1 Å². The maximum Gasteiger partial charge on any atom is 0.269 e. The summed E-state index contributed by atoms with van der Waals surface area (Å²) in [6.45, 7) is 3.16. The molecule has 0 aliphatic carbocycles.